The third kappa shape index (κ3) is 3.64. The Bertz CT molecular complexity index is 1450. The molecule has 31 heavy (non-hydrogen) atoms. The van der Waals surface area contributed by atoms with Crippen molar-refractivity contribution in [2.75, 3.05) is 0 Å². The van der Waals surface area contributed by atoms with Crippen LogP contribution in [0.5, 0.6) is 0 Å². The van der Waals surface area contributed by atoms with Gasteiger partial charge in [0.1, 0.15) is 0 Å². The third-order valence-corrected chi connectivity index (χ3v) is 18.4. The Morgan fingerprint density at radius 1 is 0.387 bits per heavy atom. The maximum absolute atomic E-state index is 2.42. The number of hydrogen-bond acceptors (Lipinski definition) is 0. The van der Waals surface area contributed by atoms with Gasteiger partial charge in [0.2, 0.25) is 0 Å². The molecular weight excluding hydrogens is 586 g/mol. The van der Waals surface area contributed by atoms with E-state index in [9.17, 15) is 0 Å². The van der Waals surface area contributed by atoms with Crippen molar-refractivity contribution in [3.63, 3.8) is 0 Å². The van der Waals surface area contributed by atoms with Crippen LogP contribution in [0.1, 0.15) is 0 Å². The molecule has 144 valence electrons. The number of rotatable bonds is 4. The molecule has 0 amide bonds. The van der Waals surface area contributed by atoms with Crippen LogP contribution in [0, 0.1) is 0 Å². The summed E-state index contributed by atoms with van der Waals surface area (Å²) in [5.41, 5.74) is 0. The van der Waals surface area contributed by atoms with Crippen LogP contribution in [0.2, 0.25) is 2.45 Å². The molecule has 0 aliphatic carbocycles. The van der Waals surface area contributed by atoms with Crippen molar-refractivity contribution < 1.29 is 0 Å². The van der Waals surface area contributed by atoms with Crippen LogP contribution >= 0.6 is 0 Å². The molecule has 0 heterocycles. The Kier molecular flexibility index (Phi) is 5.37. The quantitative estimate of drug-likeness (QED) is 0.170. The molecule has 0 bridgehead atoms. The molecule has 6 aromatic rings. The van der Waals surface area contributed by atoms with E-state index in [1.54, 1.807) is 7.16 Å². The van der Waals surface area contributed by atoms with Crippen LogP contribution in [-0.4, -0.2) is 42.3 Å². The number of fused-ring (bicyclic) bond motifs is 6. The second-order valence-corrected chi connectivity index (χ2v) is 20.8. The van der Waals surface area contributed by atoms with Crippen LogP contribution in [-0.2, 0) is 0 Å². The zero-order valence-electron chi connectivity index (χ0n) is 17.1. The summed E-state index contributed by atoms with van der Waals surface area (Å²) in [6.07, 6.45) is 0. The molecule has 0 aliphatic heterocycles. The molecular formula is C29H20Sn2. The first-order valence-corrected chi connectivity index (χ1v) is 17.6. The first-order valence-electron chi connectivity index (χ1n) is 10.7. The summed E-state index contributed by atoms with van der Waals surface area (Å²) in [6.45, 7) is 0. The molecule has 6 rings (SSSR count). The predicted octanol–water partition coefficient (Wildman–Crippen LogP) is 6.03. The Morgan fingerprint density at radius 3 is 1.32 bits per heavy atom. The first-order chi connectivity index (χ1) is 15.4. The van der Waals surface area contributed by atoms with Crippen molar-refractivity contribution >= 4 is 92.5 Å². The fraction of sp³-hybridized carbons (Fsp3) is 0.0345. The van der Waals surface area contributed by atoms with Gasteiger partial charge in [-0.2, -0.15) is 0 Å². The number of hydrogen-bond donors (Lipinski definition) is 0. The molecule has 2 heteroatoms. The van der Waals surface area contributed by atoms with Crippen LogP contribution in [0.25, 0.3) is 43.1 Å². The van der Waals surface area contributed by atoms with Crippen molar-refractivity contribution in [1.82, 2.24) is 0 Å². The zero-order valence-corrected chi connectivity index (χ0v) is 22.8. The molecule has 0 aromatic heterocycles. The van der Waals surface area contributed by atoms with Gasteiger partial charge >= 0.3 is 204 Å². The molecule has 0 fully saturated rings. The van der Waals surface area contributed by atoms with Gasteiger partial charge in [-0.15, -0.1) is 0 Å². The molecule has 0 saturated carbocycles. The average molecular weight is 606 g/mol. The summed E-state index contributed by atoms with van der Waals surface area (Å²) < 4.78 is 4.82. The zero-order chi connectivity index (χ0) is 20.6. The van der Waals surface area contributed by atoms with E-state index in [0.29, 0.717) is 0 Å². The molecule has 4 radical (unpaired) electrons. The molecule has 0 nitrogen and oxygen atoms in total. The first kappa shape index (κ1) is 19.6. The second kappa shape index (κ2) is 8.48. The Hall–Kier alpha value is -2.04. The van der Waals surface area contributed by atoms with Crippen LogP contribution < -0.4 is 7.16 Å². The van der Waals surface area contributed by atoms with Crippen LogP contribution in [0.3, 0.4) is 0 Å². The summed E-state index contributed by atoms with van der Waals surface area (Å²) in [5, 5.41) is 11.4. The number of benzene rings is 6. The van der Waals surface area contributed by atoms with Gasteiger partial charge in [-0.05, 0) is 0 Å². The van der Waals surface area contributed by atoms with E-state index >= 15 is 0 Å². The SMILES string of the molecule is c1ccc2c(c1)ccc1ccc[c]([Sn][CH2][Sn][c]3cccc4ccc5ccccc5c34)c12. The topological polar surface area (TPSA) is 0 Å². The van der Waals surface area contributed by atoms with Crippen molar-refractivity contribution in [1.29, 1.82) is 0 Å². The maximum atomic E-state index is 2.42. The van der Waals surface area contributed by atoms with Crippen molar-refractivity contribution in [3.05, 3.63) is 109 Å². The molecule has 6 aromatic carbocycles. The van der Waals surface area contributed by atoms with E-state index in [1.165, 1.54) is 45.5 Å². The fourth-order valence-corrected chi connectivity index (χ4v) is 18.8. The normalized spacial score (nSPS) is 11.6. The summed E-state index contributed by atoms with van der Waals surface area (Å²) in [6, 6.07) is 40.8. The molecule has 0 atom stereocenters. The molecule has 0 unspecified atom stereocenters. The van der Waals surface area contributed by atoms with Gasteiger partial charge in [0, 0.05) is 0 Å². The second-order valence-electron chi connectivity index (χ2n) is 7.91. The Morgan fingerprint density at radius 2 is 0.806 bits per heavy atom. The van der Waals surface area contributed by atoms with E-state index in [0.717, 1.165) is 0 Å². The summed E-state index contributed by atoms with van der Waals surface area (Å²) in [7, 11) is 0. The standard InChI is InChI=1S/2C14H9.CH2.2Sn/c2*1-3-7-13-11(5-1)9-10-12-6-2-4-8-14(12)13;;;/h2*1-7,9-10H;1H2;;. The fourth-order valence-electron chi connectivity index (χ4n) is 4.65. The van der Waals surface area contributed by atoms with E-state index in [2.05, 4.69) is 109 Å². The molecule has 0 N–H and O–H groups in total. The van der Waals surface area contributed by atoms with E-state index < -0.39 is 42.3 Å². The average Bonchev–Trinajstić information content (AvgIpc) is 2.84. The molecule has 0 spiro atoms. The van der Waals surface area contributed by atoms with E-state index in [1.807, 2.05) is 0 Å². The van der Waals surface area contributed by atoms with Gasteiger partial charge in [-0.25, -0.2) is 0 Å². The van der Waals surface area contributed by atoms with Crippen molar-refractivity contribution in [3.8, 4) is 0 Å². The van der Waals surface area contributed by atoms with Crippen molar-refractivity contribution in [2.45, 2.75) is 2.45 Å². The molecule has 0 saturated heterocycles. The molecule has 0 aliphatic rings. The van der Waals surface area contributed by atoms with E-state index in [4.69, 9.17) is 0 Å². The van der Waals surface area contributed by atoms with Gasteiger partial charge in [0.25, 0.3) is 0 Å². The predicted molar refractivity (Wildman–Crippen MR) is 138 cm³/mol. The summed E-state index contributed by atoms with van der Waals surface area (Å²) in [5.74, 6) is 0. The van der Waals surface area contributed by atoms with Crippen molar-refractivity contribution in [2.24, 2.45) is 0 Å². The minimum atomic E-state index is -0.638. The van der Waals surface area contributed by atoms with Gasteiger partial charge in [0.05, 0.1) is 0 Å². The van der Waals surface area contributed by atoms with Crippen LogP contribution in [0.15, 0.2) is 109 Å². The monoisotopic (exact) mass is 608 g/mol. The van der Waals surface area contributed by atoms with Gasteiger partial charge in [0.15, 0.2) is 0 Å². The summed E-state index contributed by atoms with van der Waals surface area (Å²) in [4.78, 5) is 0. The van der Waals surface area contributed by atoms with Crippen LogP contribution in [0.4, 0.5) is 0 Å². The Balaban J connectivity index is 1.37. The Labute approximate surface area is 202 Å². The minimum absolute atomic E-state index is 0.638. The van der Waals surface area contributed by atoms with Gasteiger partial charge in [-0.1, -0.05) is 0 Å². The van der Waals surface area contributed by atoms with E-state index in [-0.39, 0.29) is 0 Å². The summed E-state index contributed by atoms with van der Waals surface area (Å²) >= 11 is -1.28. The van der Waals surface area contributed by atoms with Gasteiger partial charge < -0.3 is 0 Å². The third-order valence-electron chi connectivity index (χ3n) is 6.10. The van der Waals surface area contributed by atoms with Gasteiger partial charge in [-0.3, -0.25) is 0 Å².